The number of alkyl halides is 3. The quantitative estimate of drug-likeness (QED) is 0.577. The summed E-state index contributed by atoms with van der Waals surface area (Å²) in [7, 11) is 0. The molecule has 1 N–H and O–H groups in total. The molecule has 30 heavy (non-hydrogen) atoms. The topological polar surface area (TPSA) is 69.0 Å². The molecule has 1 amide bonds. The number of nitrogens with zero attached hydrogens (tertiary/aromatic N) is 3. The van der Waals surface area contributed by atoms with Crippen molar-refractivity contribution in [1.82, 2.24) is 20.1 Å². The minimum Gasteiger partial charge on any atom is -0.467 e. The van der Waals surface area contributed by atoms with E-state index < -0.39 is 24.3 Å². The first kappa shape index (κ1) is 21.6. The van der Waals surface area contributed by atoms with Gasteiger partial charge in [-0.1, -0.05) is 31.0 Å². The largest absolute Gasteiger partial charge is 0.467 e. The zero-order valence-corrected chi connectivity index (χ0v) is 17.0. The highest BCUT2D eigenvalue weighted by Gasteiger charge is 2.36. The van der Waals surface area contributed by atoms with Gasteiger partial charge in [-0.2, -0.15) is 23.3 Å². The number of benzene rings is 1. The molecule has 1 aromatic carbocycles. The SMILES string of the molecule is CCCCNC(=O)COc1cc(C(F)(F)F)c2c(C)nn(-c3ccc(C)cc3)c2n1. The van der Waals surface area contributed by atoms with Gasteiger partial charge in [0.05, 0.1) is 22.3 Å². The fourth-order valence-electron chi connectivity index (χ4n) is 3.02. The molecule has 3 rings (SSSR count). The van der Waals surface area contributed by atoms with Crippen molar-refractivity contribution < 1.29 is 22.7 Å². The van der Waals surface area contributed by atoms with E-state index in [0.717, 1.165) is 24.5 Å². The van der Waals surface area contributed by atoms with Crippen molar-refractivity contribution in [2.75, 3.05) is 13.2 Å². The van der Waals surface area contributed by atoms with E-state index in [2.05, 4.69) is 15.4 Å². The molecule has 160 valence electrons. The summed E-state index contributed by atoms with van der Waals surface area (Å²) in [4.78, 5) is 16.1. The van der Waals surface area contributed by atoms with Crippen LogP contribution in [-0.2, 0) is 11.0 Å². The van der Waals surface area contributed by atoms with Crippen LogP contribution < -0.4 is 10.1 Å². The number of carbonyl (C=O) groups is 1. The van der Waals surface area contributed by atoms with E-state index in [4.69, 9.17) is 4.74 Å². The van der Waals surface area contributed by atoms with Crippen LogP contribution in [-0.4, -0.2) is 33.8 Å². The molecule has 0 fully saturated rings. The van der Waals surface area contributed by atoms with Gasteiger partial charge in [0, 0.05) is 12.6 Å². The molecule has 6 nitrogen and oxygen atoms in total. The first-order valence-electron chi connectivity index (χ1n) is 9.64. The van der Waals surface area contributed by atoms with Crippen molar-refractivity contribution in [3.8, 4) is 11.6 Å². The minimum absolute atomic E-state index is 0.0209. The van der Waals surface area contributed by atoms with E-state index in [1.54, 1.807) is 12.1 Å². The first-order valence-corrected chi connectivity index (χ1v) is 9.64. The van der Waals surface area contributed by atoms with Crippen LogP contribution in [0.15, 0.2) is 30.3 Å². The molecule has 0 saturated carbocycles. The second-order valence-corrected chi connectivity index (χ2v) is 7.03. The summed E-state index contributed by atoms with van der Waals surface area (Å²) < 4.78 is 47.9. The van der Waals surface area contributed by atoms with Crippen molar-refractivity contribution in [3.05, 3.63) is 47.2 Å². The summed E-state index contributed by atoms with van der Waals surface area (Å²) in [6.45, 7) is 5.47. The number of ether oxygens (including phenoxy) is 1. The van der Waals surface area contributed by atoms with Gasteiger partial charge in [-0.25, -0.2) is 4.68 Å². The molecule has 0 atom stereocenters. The Morgan fingerprint density at radius 1 is 1.20 bits per heavy atom. The van der Waals surface area contributed by atoms with Crippen LogP contribution in [0.4, 0.5) is 13.2 Å². The summed E-state index contributed by atoms with van der Waals surface area (Å²) in [5.74, 6) is -0.698. The van der Waals surface area contributed by atoms with Gasteiger partial charge in [0.15, 0.2) is 12.3 Å². The van der Waals surface area contributed by atoms with Gasteiger partial charge >= 0.3 is 6.18 Å². The van der Waals surface area contributed by atoms with Crippen molar-refractivity contribution in [3.63, 3.8) is 0 Å². The lowest BCUT2D eigenvalue weighted by molar-refractivity contribution is -0.136. The second-order valence-electron chi connectivity index (χ2n) is 7.03. The molecule has 0 aliphatic rings. The van der Waals surface area contributed by atoms with Gasteiger partial charge in [0.25, 0.3) is 5.91 Å². The van der Waals surface area contributed by atoms with Crippen LogP contribution in [0.1, 0.15) is 36.6 Å². The molecular weight excluding hydrogens is 397 g/mol. The molecule has 2 aromatic heterocycles. The zero-order valence-electron chi connectivity index (χ0n) is 17.0. The highest BCUT2D eigenvalue weighted by atomic mass is 19.4. The van der Waals surface area contributed by atoms with Gasteiger partial charge in [0.2, 0.25) is 5.88 Å². The third-order valence-corrected chi connectivity index (χ3v) is 4.58. The van der Waals surface area contributed by atoms with E-state index in [0.29, 0.717) is 12.2 Å². The average Bonchev–Trinajstić information content (AvgIpc) is 3.02. The number of amides is 1. The van der Waals surface area contributed by atoms with Crippen LogP contribution in [0.3, 0.4) is 0 Å². The lowest BCUT2D eigenvalue weighted by Crippen LogP contribution is -2.29. The van der Waals surface area contributed by atoms with Gasteiger partial charge in [-0.05, 0) is 32.4 Å². The molecule has 0 unspecified atom stereocenters. The molecule has 0 spiro atoms. The number of hydrogen-bond acceptors (Lipinski definition) is 4. The highest BCUT2D eigenvalue weighted by molar-refractivity contribution is 5.85. The van der Waals surface area contributed by atoms with E-state index in [9.17, 15) is 18.0 Å². The predicted octanol–water partition coefficient (Wildman–Crippen LogP) is 4.35. The maximum Gasteiger partial charge on any atom is 0.417 e. The Morgan fingerprint density at radius 2 is 1.90 bits per heavy atom. The number of rotatable bonds is 7. The molecule has 0 saturated heterocycles. The highest BCUT2D eigenvalue weighted by Crippen LogP contribution is 2.38. The molecule has 2 heterocycles. The first-order chi connectivity index (χ1) is 14.2. The van der Waals surface area contributed by atoms with Crippen LogP contribution in [0.5, 0.6) is 5.88 Å². The van der Waals surface area contributed by atoms with Crippen molar-refractivity contribution in [1.29, 1.82) is 0 Å². The monoisotopic (exact) mass is 420 g/mol. The summed E-state index contributed by atoms with van der Waals surface area (Å²) in [6, 6.07) is 8.00. The molecule has 0 aliphatic heterocycles. The maximum absolute atomic E-state index is 13.7. The number of hydrogen-bond donors (Lipinski definition) is 1. The van der Waals surface area contributed by atoms with E-state index in [-0.39, 0.29) is 22.6 Å². The van der Waals surface area contributed by atoms with Gasteiger partial charge in [-0.3, -0.25) is 4.79 Å². The lowest BCUT2D eigenvalue weighted by atomic mass is 10.1. The van der Waals surface area contributed by atoms with E-state index >= 15 is 0 Å². The Bertz CT molecular complexity index is 1040. The Labute approximate surface area is 172 Å². The number of halogens is 3. The summed E-state index contributed by atoms with van der Waals surface area (Å²) in [5, 5.41) is 6.83. The molecule has 3 aromatic rings. The Balaban J connectivity index is 2.01. The Kier molecular flexibility index (Phi) is 6.28. The van der Waals surface area contributed by atoms with E-state index in [1.807, 2.05) is 26.0 Å². The Hall–Kier alpha value is -3.10. The molecule has 0 aliphatic carbocycles. The molecule has 0 radical (unpaired) electrons. The number of unbranched alkanes of at least 4 members (excludes halogenated alkanes) is 1. The van der Waals surface area contributed by atoms with Crippen LogP contribution in [0, 0.1) is 13.8 Å². The van der Waals surface area contributed by atoms with Crippen molar-refractivity contribution >= 4 is 16.9 Å². The molecular formula is C21H23F3N4O2. The van der Waals surface area contributed by atoms with E-state index in [1.165, 1.54) is 11.6 Å². The minimum atomic E-state index is -4.63. The number of fused-ring (bicyclic) bond motifs is 1. The molecule has 0 bridgehead atoms. The van der Waals surface area contributed by atoms with Gasteiger partial charge < -0.3 is 10.1 Å². The fraction of sp³-hybridized carbons (Fsp3) is 0.381. The number of pyridine rings is 1. The summed E-state index contributed by atoms with van der Waals surface area (Å²) in [5.41, 5.74) is 0.911. The lowest BCUT2D eigenvalue weighted by Gasteiger charge is -2.12. The van der Waals surface area contributed by atoms with Crippen LogP contribution >= 0.6 is 0 Å². The molecule has 9 heteroatoms. The van der Waals surface area contributed by atoms with Crippen molar-refractivity contribution in [2.45, 2.75) is 39.8 Å². The number of aromatic nitrogens is 3. The van der Waals surface area contributed by atoms with Gasteiger partial charge in [0.1, 0.15) is 0 Å². The smallest absolute Gasteiger partial charge is 0.417 e. The van der Waals surface area contributed by atoms with Gasteiger partial charge in [-0.15, -0.1) is 0 Å². The number of carbonyl (C=O) groups excluding carboxylic acids is 1. The third kappa shape index (κ3) is 4.72. The number of aryl methyl sites for hydroxylation is 2. The Morgan fingerprint density at radius 3 is 2.53 bits per heavy atom. The maximum atomic E-state index is 13.7. The van der Waals surface area contributed by atoms with Crippen LogP contribution in [0.25, 0.3) is 16.7 Å². The number of nitrogens with one attached hydrogen (secondary N) is 1. The summed E-state index contributed by atoms with van der Waals surface area (Å²) >= 11 is 0. The predicted molar refractivity (Wildman–Crippen MR) is 107 cm³/mol. The van der Waals surface area contributed by atoms with Crippen LogP contribution in [0.2, 0.25) is 0 Å². The third-order valence-electron chi connectivity index (χ3n) is 4.58. The fourth-order valence-corrected chi connectivity index (χ4v) is 3.02. The summed E-state index contributed by atoms with van der Waals surface area (Å²) in [6.07, 6.45) is -2.91. The average molecular weight is 420 g/mol. The standard InChI is InChI=1S/C21H23F3N4O2/c1-4-5-10-25-17(29)12-30-18-11-16(21(22,23)24)19-14(3)27-28(20(19)26-18)15-8-6-13(2)7-9-15/h6-9,11H,4-5,10,12H2,1-3H3,(H,25,29). The van der Waals surface area contributed by atoms with Crippen molar-refractivity contribution in [2.24, 2.45) is 0 Å². The second kappa shape index (κ2) is 8.73. The normalized spacial score (nSPS) is 11.7. The zero-order chi connectivity index (χ0) is 21.9.